The molecule has 0 aromatic heterocycles. The second kappa shape index (κ2) is 40.7. The maximum absolute atomic E-state index is 13.3. The zero-order valence-corrected chi connectivity index (χ0v) is 45.8. The Labute approximate surface area is 448 Å². The zero-order chi connectivity index (χ0) is 54.8. The van der Waals surface area contributed by atoms with Crippen molar-refractivity contribution in [3.63, 3.8) is 0 Å². The van der Waals surface area contributed by atoms with Crippen LogP contribution in [0.3, 0.4) is 0 Å². The first-order valence-corrected chi connectivity index (χ1v) is 29.4. The minimum atomic E-state index is -1.97. The highest BCUT2D eigenvalue weighted by atomic mass is 16.8. The number of aliphatic hydroxyl groups excluding tert-OH is 11. The Balaban J connectivity index is 1.49. The third kappa shape index (κ3) is 25.3. The number of hydrogen-bond donors (Lipinski definition) is 12. The lowest BCUT2D eigenvalue weighted by Crippen LogP contribution is -2.66. The standard InChI is InChI=1S/C56H105NO18/c1-3-5-7-9-11-13-15-16-17-18-19-20-21-22-24-25-27-29-31-33-40(61)39(57-44(62)34-32-30-28-26-23-14-12-10-8-6-4-2)38-70-54-50(68)47(65)52(42(36-59)72-54)75-56-51(69)48(66)53(43(37-60)73-56)74-55-49(67)46(64)45(63)41(35-58)71-55/h10,12,39-43,45-56,58-61,63-69H,3-9,11,13-38H2,1-2H3,(H,57,62)/b12-10-. The van der Waals surface area contributed by atoms with Gasteiger partial charge in [-0.15, -0.1) is 0 Å². The maximum Gasteiger partial charge on any atom is 0.220 e. The number of hydrogen-bond acceptors (Lipinski definition) is 18. The molecular weight excluding hydrogens is 975 g/mol. The molecule has 0 spiro atoms. The van der Waals surface area contributed by atoms with Crippen LogP contribution in [-0.4, -0.2) is 193 Å². The van der Waals surface area contributed by atoms with Crippen molar-refractivity contribution in [2.45, 2.75) is 311 Å². The third-order valence-electron chi connectivity index (χ3n) is 15.1. The average Bonchev–Trinajstić information content (AvgIpc) is 3.41. The summed E-state index contributed by atoms with van der Waals surface area (Å²) in [5, 5.41) is 120. The Morgan fingerprint density at radius 3 is 1.33 bits per heavy atom. The van der Waals surface area contributed by atoms with Gasteiger partial charge in [0.1, 0.15) is 73.2 Å². The minimum absolute atomic E-state index is 0.253. The van der Waals surface area contributed by atoms with Crippen molar-refractivity contribution in [2.75, 3.05) is 26.4 Å². The van der Waals surface area contributed by atoms with Gasteiger partial charge in [-0.2, -0.15) is 0 Å². The number of aliphatic hydroxyl groups is 11. The average molecular weight is 1080 g/mol. The molecule has 0 aromatic rings. The summed E-state index contributed by atoms with van der Waals surface area (Å²) >= 11 is 0. The van der Waals surface area contributed by atoms with Crippen molar-refractivity contribution < 1.29 is 89.4 Å². The van der Waals surface area contributed by atoms with Gasteiger partial charge in [0, 0.05) is 6.42 Å². The minimum Gasteiger partial charge on any atom is -0.394 e. The summed E-state index contributed by atoms with van der Waals surface area (Å²) in [5.41, 5.74) is 0. The summed E-state index contributed by atoms with van der Waals surface area (Å²) in [6.45, 7) is 1.74. The van der Waals surface area contributed by atoms with Gasteiger partial charge in [0.15, 0.2) is 18.9 Å². The van der Waals surface area contributed by atoms with Crippen molar-refractivity contribution in [2.24, 2.45) is 0 Å². The van der Waals surface area contributed by atoms with E-state index in [1.165, 1.54) is 109 Å². The van der Waals surface area contributed by atoms with E-state index < -0.39 is 124 Å². The van der Waals surface area contributed by atoms with Gasteiger partial charge in [0.2, 0.25) is 5.91 Å². The Morgan fingerprint density at radius 1 is 0.467 bits per heavy atom. The molecule has 1 amide bonds. The Morgan fingerprint density at radius 2 is 0.853 bits per heavy atom. The van der Waals surface area contributed by atoms with Crippen LogP contribution in [0.4, 0.5) is 0 Å². The quantitative estimate of drug-likeness (QED) is 0.0293. The Hall–Kier alpha value is -1.47. The first kappa shape index (κ1) is 67.8. The van der Waals surface area contributed by atoms with E-state index in [9.17, 15) is 61.0 Å². The predicted molar refractivity (Wildman–Crippen MR) is 282 cm³/mol. The molecule has 0 aromatic carbocycles. The molecule has 3 heterocycles. The fourth-order valence-electron chi connectivity index (χ4n) is 10.2. The monoisotopic (exact) mass is 1080 g/mol. The van der Waals surface area contributed by atoms with Crippen molar-refractivity contribution in [3.8, 4) is 0 Å². The summed E-state index contributed by atoms with van der Waals surface area (Å²) in [6, 6.07) is -0.886. The van der Waals surface area contributed by atoms with Gasteiger partial charge < -0.3 is 89.9 Å². The molecule has 0 aliphatic carbocycles. The largest absolute Gasteiger partial charge is 0.394 e. The van der Waals surface area contributed by atoms with Gasteiger partial charge in [-0.25, -0.2) is 0 Å². The molecule has 19 heteroatoms. The molecule has 19 nitrogen and oxygen atoms in total. The number of carbonyl (C=O) groups is 1. The zero-order valence-electron chi connectivity index (χ0n) is 45.8. The molecule has 3 fully saturated rings. The lowest BCUT2D eigenvalue weighted by molar-refractivity contribution is -0.379. The van der Waals surface area contributed by atoms with Crippen LogP contribution in [0.25, 0.3) is 0 Å². The third-order valence-corrected chi connectivity index (χ3v) is 15.1. The number of amides is 1. The molecule has 17 unspecified atom stereocenters. The highest BCUT2D eigenvalue weighted by Crippen LogP contribution is 2.33. The fourth-order valence-corrected chi connectivity index (χ4v) is 10.2. The normalized spacial score (nSPS) is 31.2. The van der Waals surface area contributed by atoms with E-state index >= 15 is 0 Å². The summed E-state index contributed by atoms with van der Waals surface area (Å²) < 4.78 is 34.3. The molecule has 3 aliphatic rings. The topological polar surface area (TPSA) is 307 Å². The van der Waals surface area contributed by atoms with Crippen LogP contribution < -0.4 is 5.32 Å². The van der Waals surface area contributed by atoms with Crippen LogP contribution in [0, 0.1) is 0 Å². The number of rotatable bonds is 43. The van der Waals surface area contributed by atoms with Crippen LogP contribution in [0.15, 0.2) is 12.2 Å². The van der Waals surface area contributed by atoms with Gasteiger partial charge in [-0.3, -0.25) is 4.79 Å². The van der Waals surface area contributed by atoms with E-state index in [-0.39, 0.29) is 18.9 Å². The molecular formula is C56H105NO18. The van der Waals surface area contributed by atoms with E-state index in [1.54, 1.807) is 0 Å². The molecule has 442 valence electrons. The number of ether oxygens (including phenoxy) is 6. The smallest absolute Gasteiger partial charge is 0.220 e. The molecule has 3 saturated heterocycles. The highest BCUT2D eigenvalue weighted by molar-refractivity contribution is 5.76. The SMILES string of the molecule is CCCC/C=C\CCCCCCCC(=O)NC(COC1OC(CO)C(OC2OC(CO)C(OC3OC(CO)C(O)C(O)C3O)C(O)C2O)C(O)C1O)C(O)CCCCCCCCCCCCCCCCCCCCC. The molecule has 0 saturated carbocycles. The molecule has 0 radical (unpaired) electrons. The predicted octanol–water partition coefficient (Wildman–Crippen LogP) is 4.60. The number of carbonyl (C=O) groups excluding carboxylic acids is 1. The van der Waals surface area contributed by atoms with Gasteiger partial charge in [-0.05, 0) is 32.1 Å². The number of allylic oxidation sites excluding steroid dienone is 2. The van der Waals surface area contributed by atoms with E-state index in [0.717, 1.165) is 64.2 Å². The van der Waals surface area contributed by atoms with Gasteiger partial charge in [0.25, 0.3) is 0 Å². The lowest BCUT2D eigenvalue weighted by Gasteiger charge is -2.48. The maximum atomic E-state index is 13.3. The van der Waals surface area contributed by atoms with Crippen LogP contribution in [-0.2, 0) is 33.2 Å². The summed E-state index contributed by atoms with van der Waals surface area (Å²) in [6.07, 6.45) is 11.6. The molecule has 0 bridgehead atoms. The fraction of sp³-hybridized carbons (Fsp3) is 0.946. The van der Waals surface area contributed by atoms with Crippen LogP contribution in [0.2, 0.25) is 0 Å². The Kier molecular flexibility index (Phi) is 36.8. The lowest BCUT2D eigenvalue weighted by atomic mass is 9.96. The molecule has 12 N–H and O–H groups in total. The second-order valence-corrected chi connectivity index (χ2v) is 21.5. The van der Waals surface area contributed by atoms with E-state index in [1.807, 2.05) is 0 Å². The highest BCUT2D eigenvalue weighted by Gasteiger charge is 2.53. The van der Waals surface area contributed by atoms with Gasteiger partial charge in [0.05, 0.1) is 38.6 Å². The number of unbranched alkanes of at least 4 members (excludes halogenated alkanes) is 25. The summed E-state index contributed by atoms with van der Waals surface area (Å²) in [5.74, 6) is -0.253. The first-order valence-electron chi connectivity index (χ1n) is 29.4. The van der Waals surface area contributed by atoms with E-state index in [4.69, 9.17) is 28.4 Å². The van der Waals surface area contributed by atoms with Crippen LogP contribution in [0.1, 0.15) is 206 Å². The first-order chi connectivity index (χ1) is 36.3. The van der Waals surface area contributed by atoms with Crippen molar-refractivity contribution >= 4 is 5.91 Å². The van der Waals surface area contributed by atoms with Crippen molar-refractivity contribution in [3.05, 3.63) is 12.2 Å². The molecule has 75 heavy (non-hydrogen) atoms. The molecule has 3 aliphatic heterocycles. The van der Waals surface area contributed by atoms with Crippen LogP contribution >= 0.6 is 0 Å². The van der Waals surface area contributed by atoms with E-state index in [0.29, 0.717) is 12.8 Å². The van der Waals surface area contributed by atoms with Crippen molar-refractivity contribution in [1.29, 1.82) is 0 Å². The Bertz CT molecular complexity index is 1430. The number of nitrogens with one attached hydrogen (secondary N) is 1. The van der Waals surface area contributed by atoms with Gasteiger partial charge >= 0.3 is 0 Å². The van der Waals surface area contributed by atoms with Crippen molar-refractivity contribution in [1.82, 2.24) is 5.32 Å². The second-order valence-electron chi connectivity index (χ2n) is 21.5. The molecule has 3 rings (SSSR count). The summed E-state index contributed by atoms with van der Waals surface area (Å²) in [4.78, 5) is 13.3. The molecule has 17 atom stereocenters. The van der Waals surface area contributed by atoms with Crippen LogP contribution in [0.5, 0.6) is 0 Å². The van der Waals surface area contributed by atoms with Gasteiger partial charge in [-0.1, -0.05) is 180 Å². The summed E-state index contributed by atoms with van der Waals surface area (Å²) in [7, 11) is 0. The van der Waals surface area contributed by atoms with E-state index in [2.05, 4.69) is 31.3 Å².